The normalized spacial score (nSPS) is 18.2. The van der Waals surface area contributed by atoms with Gasteiger partial charge in [0.25, 0.3) is 0 Å². The number of hydrogen-bond acceptors (Lipinski definition) is 6. The number of nitrogens with one attached hydrogen (secondary N) is 3. The van der Waals surface area contributed by atoms with E-state index in [9.17, 15) is 0 Å². The van der Waals surface area contributed by atoms with Crippen molar-refractivity contribution >= 4 is 75.4 Å². The van der Waals surface area contributed by atoms with Crippen molar-refractivity contribution in [2.45, 2.75) is 18.5 Å². The molecule has 4 heterocycles. The zero-order valence-corrected chi connectivity index (χ0v) is 28.2. The maximum Gasteiger partial charge on any atom is 0.143 e. The van der Waals surface area contributed by atoms with Gasteiger partial charge in [0.05, 0.1) is 18.5 Å². The lowest BCUT2D eigenvalue weighted by molar-refractivity contribution is 0.203. The number of fused-ring (bicyclic) bond motifs is 9. The summed E-state index contributed by atoms with van der Waals surface area (Å²) < 4.78 is 15.4. The van der Waals surface area contributed by atoms with E-state index in [0.29, 0.717) is 0 Å². The van der Waals surface area contributed by atoms with Gasteiger partial charge in [0.15, 0.2) is 0 Å². The van der Waals surface area contributed by atoms with Crippen molar-refractivity contribution in [3.05, 3.63) is 168 Å². The number of hydrogen-bond donors (Lipinski definition) is 3. The van der Waals surface area contributed by atoms with Crippen LogP contribution in [0.3, 0.4) is 0 Å². The molecule has 1 aliphatic rings. The van der Waals surface area contributed by atoms with Gasteiger partial charge < -0.3 is 8.83 Å². The minimum Gasteiger partial charge on any atom is -0.456 e. The minimum atomic E-state index is -0.160. The summed E-state index contributed by atoms with van der Waals surface area (Å²) in [7, 11) is 0. The van der Waals surface area contributed by atoms with Crippen molar-refractivity contribution < 1.29 is 8.83 Å². The number of para-hydroxylation sites is 4. The van der Waals surface area contributed by atoms with Gasteiger partial charge in [0.2, 0.25) is 0 Å². The maximum absolute atomic E-state index is 6.49. The third-order valence-electron chi connectivity index (χ3n) is 10.4. The Morgan fingerprint density at radius 2 is 1.06 bits per heavy atom. The highest BCUT2D eigenvalue weighted by molar-refractivity contribution is 7.25. The minimum absolute atomic E-state index is 0.0799. The molecule has 0 amide bonds. The average Bonchev–Trinajstić information content (AvgIpc) is 3.88. The van der Waals surface area contributed by atoms with Crippen molar-refractivity contribution in [2.75, 3.05) is 0 Å². The van der Waals surface area contributed by atoms with Gasteiger partial charge in [-0.3, -0.25) is 16.0 Å². The fourth-order valence-corrected chi connectivity index (χ4v) is 9.10. The summed E-state index contributed by atoms with van der Waals surface area (Å²) in [5, 5.41) is 18.7. The first-order valence-electron chi connectivity index (χ1n) is 17.4. The quantitative estimate of drug-likeness (QED) is 0.173. The van der Waals surface area contributed by atoms with Gasteiger partial charge in [-0.2, -0.15) is 0 Å². The Bertz CT molecular complexity index is 2940. The molecule has 3 unspecified atom stereocenters. The summed E-state index contributed by atoms with van der Waals surface area (Å²) in [6.07, 6.45) is -0.354. The van der Waals surface area contributed by atoms with Crippen LogP contribution >= 0.6 is 11.3 Å². The molecule has 7 aromatic carbocycles. The molecule has 244 valence electrons. The molecule has 11 rings (SSSR count). The number of furan rings is 2. The second-order valence-corrected chi connectivity index (χ2v) is 14.5. The van der Waals surface area contributed by atoms with Gasteiger partial charge in [-0.05, 0) is 47.0 Å². The Kier molecular flexibility index (Phi) is 6.48. The van der Waals surface area contributed by atoms with Crippen LogP contribution in [0.1, 0.15) is 35.2 Å². The van der Waals surface area contributed by atoms with E-state index in [-0.39, 0.29) is 18.5 Å². The monoisotopic (exact) mass is 677 g/mol. The van der Waals surface area contributed by atoms with Crippen LogP contribution in [0.4, 0.5) is 0 Å². The van der Waals surface area contributed by atoms with Crippen LogP contribution in [-0.2, 0) is 0 Å². The fourth-order valence-electron chi connectivity index (χ4n) is 7.97. The van der Waals surface area contributed by atoms with E-state index >= 15 is 0 Å². The topological polar surface area (TPSA) is 62.4 Å². The molecular weight excluding hydrogens is 647 g/mol. The molecule has 3 N–H and O–H groups in total. The van der Waals surface area contributed by atoms with Crippen LogP contribution < -0.4 is 16.0 Å². The second kappa shape index (κ2) is 11.4. The largest absolute Gasteiger partial charge is 0.456 e. The van der Waals surface area contributed by atoms with E-state index in [1.165, 1.54) is 31.3 Å². The first-order chi connectivity index (χ1) is 25.2. The predicted octanol–water partition coefficient (Wildman–Crippen LogP) is 11.7. The third-order valence-corrected chi connectivity index (χ3v) is 11.6. The standard InChI is InChI=1S/C45H31N3O2S/c1-2-10-26(11-3-1)43-46-44(48-45(47-43)35-17-9-16-34-31-13-5-7-19-38(31)50-42(34)35)28-20-22-32-36-24-27(21-23-39(36)51-40(32)25-28)29-14-8-15-33-30-12-4-6-18-37(30)49-41(29)33/h1-25,43-48H. The van der Waals surface area contributed by atoms with Crippen LogP contribution in [0, 0.1) is 0 Å². The molecule has 1 fully saturated rings. The van der Waals surface area contributed by atoms with Crippen LogP contribution in [0.2, 0.25) is 0 Å². The predicted molar refractivity (Wildman–Crippen MR) is 210 cm³/mol. The third kappa shape index (κ3) is 4.65. The first kappa shape index (κ1) is 29.0. The first-order valence-corrected chi connectivity index (χ1v) is 18.2. The lowest BCUT2D eigenvalue weighted by atomic mass is 9.99. The van der Waals surface area contributed by atoms with Crippen LogP contribution in [0.5, 0.6) is 0 Å². The number of thiophene rings is 1. The number of benzene rings is 7. The molecule has 1 aliphatic heterocycles. The lowest BCUT2D eigenvalue weighted by Crippen LogP contribution is -2.54. The molecule has 10 aromatic rings. The summed E-state index contributed by atoms with van der Waals surface area (Å²) in [5.74, 6) is 0. The van der Waals surface area contributed by atoms with Gasteiger partial charge in [0.1, 0.15) is 22.3 Å². The van der Waals surface area contributed by atoms with E-state index < -0.39 is 0 Å². The maximum atomic E-state index is 6.49. The SMILES string of the molecule is c1ccc(C2NC(c3ccc4c(c3)sc3ccc(-c5cccc6c5oc5ccccc56)cc34)NC(c3cccc4c3oc3ccccc34)N2)cc1. The van der Waals surface area contributed by atoms with Crippen molar-refractivity contribution in [1.29, 1.82) is 0 Å². The zero-order chi connectivity index (χ0) is 33.5. The number of rotatable bonds is 4. The molecule has 0 saturated carbocycles. The van der Waals surface area contributed by atoms with E-state index in [4.69, 9.17) is 8.83 Å². The van der Waals surface area contributed by atoms with E-state index in [1.807, 2.05) is 35.6 Å². The van der Waals surface area contributed by atoms with Crippen molar-refractivity contribution in [2.24, 2.45) is 0 Å². The van der Waals surface area contributed by atoms with Crippen molar-refractivity contribution in [3.8, 4) is 11.1 Å². The molecule has 51 heavy (non-hydrogen) atoms. The van der Waals surface area contributed by atoms with E-state index in [2.05, 4.69) is 143 Å². The smallest absolute Gasteiger partial charge is 0.143 e. The fraction of sp³-hybridized carbons (Fsp3) is 0.0667. The molecule has 0 aliphatic carbocycles. The Labute approximate surface area is 297 Å². The molecular formula is C45H31N3O2S. The lowest BCUT2D eigenvalue weighted by Gasteiger charge is -2.39. The average molecular weight is 678 g/mol. The van der Waals surface area contributed by atoms with Gasteiger partial charge in [-0.15, -0.1) is 11.3 Å². The van der Waals surface area contributed by atoms with Gasteiger partial charge in [-0.25, -0.2) is 0 Å². The molecule has 1 saturated heterocycles. The second-order valence-electron chi connectivity index (χ2n) is 13.4. The Balaban J connectivity index is 0.993. The Hall–Kier alpha value is -5.76. The van der Waals surface area contributed by atoms with Crippen LogP contribution in [0.15, 0.2) is 160 Å². The molecule has 5 nitrogen and oxygen atoms in total. The molecule has 0 spiro atoms. The highest BCUT2D eigenvalue weighted by Crippen LogP contribution is 2.41. The Morgan fingerprint density at radius 1 is 0.412 bits per heavy atom. The van der Waals surface area contributed by atoms with Gasteiger partial charge >= 0.3 is 0 Å². The van der Waals surface area contributed by atoms with E-state index in [0.717, 1.165) is 60.6 Å². The molecule has 6 heteroatoms. The van der Waals surface area contributed by atoms with Gasteiger partial charge in [-0.1, -0.05) is 121 Å². The summed E-state index contributed by atoms with van der Waals surface area (Å²) in [6, 6.07) is 53.7. The van der Waals surface area contributed by atoms with Crippen molar-refractivity contribution in [3.63, 3.8) is 0 Å². The summed E-state index contributed by atoms with van der Waals surface area (Å²) in [5.41, 5.74) is 9.39. The summed E-state index contributed by atoms with van der Waals surface area (Å²) in [4.78, 5) is 0. The Morgan fingerprint density at radius 3 is 1.86 bits per heavy atom. The molecule has 3 aromatic heterocycles. The highest BCUT2D eigenvalue weighted by atomic mass is 32.1. The highest BCUT2D eigenvalue weighted by Gasteiger charge is 2.31. The van der Waals surface area contributed by atoms with Crippen molar-refractivity contribution in [1.82, 2.24) is 16.0 Å². The van der Waals surface area contributed by atoms with Crippen LogP contribution in [-0.4, -0.2) is 0 Å². The zero-order valence-electron chi connectivity index (χ0n) is 27.4. The molecule has 0 bridgehead atoms. The summed E-state index contributed by atoms with van der Waals surface area (Å²) >= 11 is 1.84. The summed E-state index contributed by atoms with van der Waals surface area (Å²) in [6.45, 7) is 0. The van der Waals surface area contributed by atoms with Gasteiger partial charge in [0, 0.05) is 52.8 Å². The van der Waals surface area contributed by atoms with E-state index in [1.54, 1.807) is 0 Å². The molecule has 0 radical (unpaired) electrons. The van der Waals surface area contributed by atoms with Crippen LogP contribution in [0.25, 0.3) is 75.2 Å². The molecule has 3 atom stereocenters.